The highest BCUT2D eigenvalue weighted by molar-refractivity contribution is 7.98. The molecule has 1 atom stereocenters. The number of carbonyl (C=O) groups excluding carboxylic acids is 2. The molecule has 0 aromatic heterocycles. The molecule has 1 unspecified atom stereocenters. The Bertz CT molecular complexity index is 674. The Morgan fingerprint density at radius 1 is 1.09 bits per heavy atom. The number of nitrogens with one attached hydrogen (secondary N) is 2. The van der Waals surface area contributed by atoms with Gasteiger partial charge in [-0.05, 0) is 43.5 Å². The van der Waals surface area contributed by atoms with Crippen LogP contribution in [0.5, 0.6) is 0 Å². The highest BCUT2D eigenvalue weighted by Crippen LogP contribution is 2.19. The first kappa shape index (κ1) is 17.1. The summed E-state index contributed by atoms with van der Waals surface area (Å²) in [5.41, 5.74) is 1.36. The third-order valence-corrected chi connectivity index (χ3v) is 3.98. The zero-order valence-electron chi connectivity index (χ0n) is 13.2. The van der Waals surface area contributed by atoms with Crippen LogP contribution in [-0.2, 0) is 4.79 Å². The van der Waals surface area contributed by atoms with E-state index in [0.717, 1.165) is 10.6 Å². The van der Waals surface area contributed by atoms with E-state index >= 15 is 0 Å². The maximum Gasteiger partial charge on any atom is 0.251 e. The lowest BCUT2D eigenvalue weighted by Gasteiger charge is -2.14. The van der Waals surface area contributed by atoms with Gasteiger partial charge in [-0.1, -0.05) is 24.3 Å². The molecule has 2 N–H and O–H groups in total. The molecule has 5 heteroatoms. The van der Waals surface area contributed by atoms with E-state index in [1.807, 2.05) is 55.6 Å². The van der Waals surface area contributed by atoms with Crippen LogP contribution in [0.3, 0.4) is 0 Å². The Morgan fingerprint density at radius 3 is 2.52 bits per heavy atom. The monoisotopic (exact) mass is 328 g/mol. The van der Waals surface area contributed by atoms with Gasteiger partial charge in [0.2, 0.25) is 5.91 Å². The van der Waals surface area contributed by atoms with Gasteiger partial charge >= 0.3 is 0 Å². The molecule has 0 fully saturated rings. The zero-order valence-corrected chi connectivity index (χ0v) is 14.0. The molecule has 0 spiro atoms. The molecule has 120 valence electrons. The number of thioether (sulfide) groups is 1. The smallest absolute Gasteiger partial charge is 0.251 e. The molecular formula is C18H20N2O2S. The van der Waals surface area contributed by atoms with E-state index in [9.17, 15) is 9.59 Å². The second kappa shape index (κ2) is 8.39. The molecule has 2 rings (SSSR count). The fraction of sp³-hybridized carbons (Fsp3) is 0.222. The van der Waals surface area contributed by atoms with Gasteiger partial charge in [0.15, 0.2) is 0 Å². The van der Waals surface area contributed by atoms with Crippen molar-refractivity contribution in [2.24, 2.45) is 0 Å². The number of amides is 2. The molecule has 2 amide bonds. The molecule has 0 aliphatic heterocycles. The number of hydrogen-bond acceptors (Lipinski definition) is 3. The van der Waals surface area contributed by atoms with E-state index in [1.54, 1.807) is 23.9 Å². The molecule has 23 heavy (non-hydrogen) atoms. The van der Waals surface area contributed by atoms with Gasteiger partial charge < -0.3 is 10.6 Å². The Morgan fingerprint density at radius 2 is 1.83 bits per heavy atom. The van der Waals surface area contributed by atoms with Crippen molar-refractivity contribution in [3.05, 3.63) is 60.2 Å². The SMILES string of the molecule is CSc1cccc(NC(=O)CC(C)NC(=O)c2ccccc2)c1. The van der Waals surface area contributed by atoms with Crippen LogP contribution < -0.4 is 10.6 Å². The van der Waals surface area contributed by atoms with Crippen LogP contribution in [0.15, 0.2) is 59.5 Å². The van der Waals surface area contributed by atoms with Crippen molar-refractivity contribution in [1.82, 2.24) is 5.32 Å². The lowest BCUT2D eigenvalue weighted by atomic mass is 10.1. The fourth-order valence-electron chi connectivity index (χ4n) is 2.14. The van der Waals surface area contributed by atoms with Gasteiger partial charge in [0.1, 0.15) is 0 Å². The topological polar surface area (TPSA) is 58.2 Å². The van der Waals surface area contributed by atoms with Crippen LogP contribution in [0, 0.1) is 0 Å². The van der Waals surface area contributed by atoms with Crippen molar-refractivity contribution in [2.75, 3.05) is 11.6 Å². The predicted octanol–water partition coefficient (Wildman–Crippen LogP) is 3.56. The molecule has 0 saturated carbocycles. The summed E-state index contributed by atoms with van der Waals surface area (Å²) in [7, 11) is 0. The number of rotatable bonds is 6. The van der Waals surface area contributed by atoms with Gasteiger partial charge in [0.05, 0.1) is 0 Å². The average Bonchev–Trinajstić information content (AvgIpc) is 2.55. The quantitative estimate of drug-likeness (QED) is 0.797. The molecule has 0 radical (unpaired) electrons. The fourth-order valence-corrected chi connectivity index (χ4v) is 2.60. The minimum absolute atomic E-state index is 0.121. The van der Waals surface area contributed by atoms with Gasteiger partial charge in [-0.2, -0.15) is 0 Å². The summed E-state index contributed by atoms with van der Waals surface area (Å²) >= 11 is 1.62. The molecule has 4 nitrogen and oxygen atoms in total. The first-order valence-corrected chi connectivity index (χ1v) is 8.61. The summed E-state index contributed by atoms with van der Waals surface area (Å²) in [5, 5.41) is 5.69. The summed E-state index contributed by atoms with van der Waals surface area (Å²) in [6.45, 7) is 1.82. The molecule has 2 aromatic carbocycles. The summed E-state index contributed by atoms with van der Waals surface area (Å²) in [5.74, 6) is -0.292. The van der Waals surface area contributed by atoms with E-state index < -0.39 is 0 Å². The van der Waals surface area contributed by atoms with Crippen molar-refractivity contribution >= 4 is 29.3 Å². The molecule has 0 heterocycles. The third kappa shape index (κ3) is 5.45. The van der Waals surface area contributed by atoms with Crippen molar-refractivity contribution in [2.45, 2.75) is 24.3 Å². The minimum atomic E-state index is -0.244. The number of hydrogen-bond donors (Lipinski definition) is 2. The van der Waals surface area contributed by atoms with Gasteiger partial charge in [-0.15, -0.1) is 11.8 Å². The van der Waals surface area contributed by atoms with Gasteiger partial charge in [-0.3, -0.25) is 9.59 Å². The Hall–Kier alpha value is -2.27. The Balaban J connectivity index is 1.86. The van der Waals surface area contributed by atoms with Gasteiger partial charge in [0, 0.05) is 28.6 Å². The van der Waals surface area contributed by atoms with Crippen LogP contribution in [0.1, 0.15) is 23.7 Å². The molecular weight excluding hydrogens is 308 g/mol. The lowest BCUT2D eigenvalue weighted by molar-refractivity contribution is -0.116. The van der Waals surface area contributed by atoms with Crippen LogP contribution in [-0.4, -0.2) is 24.1 Å². The maximum absolute atomic E-state index is 12.1. The molecule has 2 aromatic rings. The van der Waals surface area contributed by atoms with Crippen LogP contribution in [0.2, 0.25) is 0 Å². The normalized spacial score (nSPS) is 11.6. The summed E-state index contributed by atoms with van der Waals surface area (Å²) < 4.78 is 0. The van der Waals surface area contributed by atoms with E-state index in [0.29, 0.717) is 5.56 Å². The van der Waals surface area contributed by atoms with Crippen LogP contribution in [0.25, 0.3) is 0 Å². The van der Waals surface area contributed by atoms with Crippen molar-refractivity contribution in [3.63, 3.8) is 0 Å². The van der Waals surface area contributed by atoms with E-state index in [1.165, 1.54) is 0 Å². The minimum Gasteiger partial charge on any atom is -0.349 e. The highest BCUT2D eigenvalue weighted by Gasteiger charge is 2.13. The molecule has 0 aliphatic carbocycles. The lowest BCUT2D eigenvalue weighted by Crippen LogP contribution is -2.35. The van der Waals surface area contributed by atoms with E-state index in [-0.39, 0.29) is 24.3 Å². The van der Waals surface area contributed by atoms with E-state index in [2.05, 4.69) is 10.6 Å². The van der Waals surface area contributed by atoms with E-state index in [4.69, 9.17) is 0 Å². The van der Waals surface area contributed by atoms with Crippen LogP contribution >= 0.6 is 11.8 Å². The van der Waals surface area contributed by atoms with Crippen molar-refractivity contribution in [3.8, 4) is 0 Å². The summed E-state index contributed by atoms with van der Waals surface area (Å²) in [6.07, 6.45) is 2.21. The third-order valence-electron chi connectivity index (χ3n) is 3.26. The van der Waals surface area contributed by atoms with Crippen LogP contribution in [0.4, 0.5) is 5.69 Å². The molecule has 0 saturated heterocycles. The summed E-state index contributed by atoms with van der Waals surface area (Å²) in [6, 6.07) is 16.4. The number of benzene rings is 2. The first-order chi connectivity index (χ1) is 11.1. The second-order valence-corrected chi connectivity index (χ2v) is 6.10. The summed E-state index contributed by atoms with van der Waals surface area (Å²) in [4.78, 5) is 25.2. The maximum atomic E-state index is 12.1. The van der Waals surface area contributed by atoms with Gasteiger partial charge in [0.25, 0.3) is 5.91 Å². The first-order valence-electron chi connectivity index (χ1n) is 7.38. The Labute approximate surface area is 140 Å². The van der Waals surface area contributed by atoms with Crippen molar-refractivity contribution in [1.29, 1.82) is 0 Å². The average molecular weight is 328 g/mol. The largest absolute Gasteiger partial charge is 0.349 e. The predicted molar refractivity (Wildman–Crippen MR) is 94.8 cm³/mol. The zero-order chi connectivity index (χ0) is 16.7. The number of carbonyl (C=O) groups is 2. The Kier molecular flexibility index (Phi) is 6.23. The standard InChI is InChI=1S/C18H20N2O2S/c1-13(19-18(22)14-7-4-3-5-8-14)11-17(21)20-15-9-6-10-16(12-15)23-2/h3-10,12-13H,11H2,1-2H3,(H,19,22)(H,20,21). The second-order valence-electron chi connectivity index (χ2n) is 5.22. The number of anilines is 1. The van der Waals surface area contributed by atoms with Crippen molar-refractivity contribution < 1.29 is 9.59 Å². The highest BCUT2D eigenvalue weighted by atomic mass is 32.2. The van der Waals surface area contributed by atoms with Gasteiger partial charge in [-0.25, -0.2) is 0 Å². The molecule has 0 aliphatic rings. The molecule has 0 bridgehead atoms.